The molecule has 1 heterocycles. The van der Waals surface area contributed by atoms with Crippen LogP contribution in [0, 0.1) is 11.3 Å². The van der Waals surface area contributed by atoms with Crippen molar-refractivity contribution in [1.82, 2.24) is 15.3 Å². The average Bonchev–Trinajstić information content (AvgIpc) is 2.76. The molecule has 158 valence electrons. The molecule has 0 aliphatic rings. The lowest BCUT2D eigenvalue weighted by Crippen LogP contribution is -2.28. The van der Waals surface area contributed by atoms with Gasteiger partial charge in [0.1, 0.15) is 17.5 Å². The Hall–Kier alpha value is -3.84. The van der Waals surface area contributed by atoms with E-state index in [9.17, 15) is 10.1 Å². The zero-order valence-electron chi connectivity index (χ0n) is 16.6. The smallest absolute Gasteiger partial charge is 0.258 e. The molecule has 2 aromatic carbocycles. The summed E-state index contributed by atoms with van der Waals surface area (Å²) in [6.45, 7) is 0.186. The molecular weight excluding hydrogens is 464 g/mol. The van der Waals surface area contributed by atoms with Gasteiger partial charge in [-0.3, -0.25) is 4.79 Å². The third kappa shape index (κ3) is 5.21. The van der Waals surface area contributed by atoms with Crippen LogP contribution in [0.4, 0.5) is 11.8 Å². The lowest BCUT2D eigenvalue weighted by Gasteiger charge is -2.15. The normalized spacial score (nSPS) is 10.2. The third-order valence-electron chi connectivity index (χ3n) is 4.25. The van der Waals surface area contributed by atoms with Crippen LogP contribution < -0.4 is 26.3 Å². The van der Waals surface area contributed by atoms with Gasteiger partial charge in [0.05, 0.1) is 17.3 Å². The van der Waals surface area contributed by atoms with Gasteiger partial charge >= 0.3 is 0 Å². The number of nitrogens with zero attached hydrogens (tertiary/aromatic N) is 3. The predicted octanol–water partition coefficient (Wildman–Crippen LogP) is 2.65. The number of methoxy groups -OCH3 is 1. The molecule has 0 radical (unpaired) electrons. The van der Waals surface area contributed by atoms with Crippen molar-refractivity contribution in [3.05, 3.63) is 58.1 Å². The molecule has 0 unspecified atom stereocenters. The second-order valence-electron chi connectivity index (χ2n) is 6.34. The van der Waals surface area contributed by atoms with Crippen molar-refractivity contribution in [3.63, 3.8) is 0 Å². The number of aromatic nitrogens is 2. The number of nitrogen functional groups attached to an aromatic ring is 2. The van der Waals surface area contributed by atoms with E-state index in [0.29, 0.717) is 28.1 Å². The second-order valence-corrected chi connectivity index (χ2v) is 7.20. The van der Waals surface area contributed by atoms with E-state index in [2.05, 4.69) is 31.2 Å². The van der Waals surface area contributed by atoms with Crippen molar-refractivity contribution in [1.29, 1.82) is 5.26 Å². The van der Waals surface area contributed by atoms with Crippen molar-refractivity contribution < 1.29 is 14.3 Å². The maximum Gasteiger partial charge on any atom is 0.258 e. The number of hydrogen-bond donors (Lipinski definition) is 3. The summed E-state index contributed by atoms with van der Waals surface area (Å²) in [5, 5.41) is 12.2. The molecule has 0 bridgehead atoms. The van der Waals surface area contributed by atoms with Gasteiger partial charge in [-0.2, -0.15) is 10.2 Å². The Morgan fingerprint density at radius 2 is 1.97 bits per heavy atom. The molecule has 9 nitrogen and oxygen atoms in total. The zero-order chi connectivity index (χ0) is 22.4. The Balaban J connectivity index is 1.79. The summed E-state index contributed by atoms with van der Waals surface area (Å²) < 4.78 is 11.6. The Morgan fingerprint density at radius 1 is 1.23 bits per heavy atom. The highest BCUT2D eigenvalue weighted by Gasteiger charge is 2.19. The predicted molar refractivity (Wildman–Crippen MR) is 119 cm³/mol. The summed E-state index contributed by atoms with van der Waals surface area (Å²) in [7, 11) is 1.46. The van der Waals surface area contributed by atoms with Crippen LogP contribution in [-0.4, -0.2) is 29.6 Å². The van der Waals surface area contributed by atoms with E-state index in [-0.39, 0.29) is 35.5 Å². The van der Waals surface area contributed by atoms with Gasteiger partial charge in [0.2, 0.25) is 5.95 Å². The van der Waals surface area contributed by atoms with Crippen molar-refractivity contribution in [2.45, 2.75) is 6.54 Å². The van der Waals surface area contributed by atoms with Crippen molar-refractivity contribution in [3.8, 4) is 28.8 Å². The molecule has 5 N–H and O–H groups in total. The quantitative estimate of drug-likeness (QED) is 0.464. The Morgan fingerprint density at radius 3 is 2.65 bits per heavy atom. The molecular formula is C21H19BrN6O3. The van der Waals surface area contributed by atoms with Gasteiger partial charge < -0.3 is 26.3 Å². The highest BCUT2D eigenvalue weighted by atomic mass is 79.9. The van der Waals surface area contributed by atoms with E-state index >= 15 is 0 Å². The number of nitrogens with two attached hydrogens (primary N) is 2. The average molecular weight is 483 g/mol. The summed E-state index contributed by atoms with van der Waals surface area (Å²) in [5.41, 5.74) is 13.3. The van der Waals surface area contributed by atoms with Gasteiger partial charge in [-0.25, -0.2) is 4.98 Å². The molecule has 3 aromatic rings. The van der Waals surface area contributed by atoms with Crippen LogP contribution in [0.3, 0.4) is 0 Å². The first kappa shape index (κ1) is 21.9. The second kappa shape index (κ2) is 9.77. The summed E-state index contributed by atoms with van der Waals surface area (Å²) in [6.07, 6.45) is 0. The van der Waals surface area contributed by atoms with E-state index in [1.54, 1.807) is 12.1 Å². The molecule has 1 aromatic heterocycles. The Bertz CT molecular complexity index is 1150. The SMILES string of the molecule is COc1cc(-c2nc(N)nc(N)c2C#N)cc(Br)c1OCC(=O)NCc1ccccc1. The number of benzene rings is 2. The first-order valence-corrected chi connectivity index (χ1v) is 9.86. The van der Waals surface area contributed by atoms with Crippen molar-refractivity contribution in [2.75, 3.05) is 25.2 Å². The first-order chi connectivity index (χ1) is 14.9. The van der Waals surface area contributed by atoms with E-state index < -0.39 is 0 Å². The molecule has 3 rings (SSSR count). The van der Waals surface area contributed by atoms with Crippen molar-refractivity contribution in [2.24, 2.45) is 0 Å². The van der Waals surface area contributed by atoms with Crippen LogP contribution in [-0.2, 0) is 11.3 Å². The fourth-order valence-corrected chi connectivity index (χ4v) is 3.35. The number of anilines is 2. The van der Waals surface area contributed by atoms with Crippen LogP contribution in [0.25, 0.3) is 11.3 Å². The molecule has 10 heteroatoms. The van der Waals surface area contributed by atoms with E-state index in [4.69, 9.17) is 20.9 Å². The number of halogens is 1. The third-order valence-corrected chi connectivity index (χ3v) is 4.84. The van der Waals surface area contributed by atoms with Gasteiger partial charge in [-0.1, -0.05) is 30.3 Å². The number of hydrogen-bond acceptors (Lipinski definition) is 8. The number of carbonyl (C=O) groups excluding carboxylic acids is 1. The lowest BCUT2D eigenvalue weighted by atomic mass is 10.1. The standard InChI is InChI=1S/C21H19BrN6O3/c1-30-16-8-13(18-14(9-23)20(24)28-21(25)27-18)7-15(22)19(16)31-11-17(29)26-10-12-5-3-2-4-6-12/h2-8H,10-11H2,1H3,(H,26,29)(H4,24,25,27,28). The van der Waals surface area contributed by atoms with Crippen LogP contribution >= 0.6 is 15.9 Å². The maximum absolute atomic E-state index is 12.2. The summed E-state index contributed by atoms with van der Waals surface area (Å²) in [5.74, 6) is 0.298. The molecule has 0 atom stereocenters. The molecule has 1 amide bonds. The topological polar surface area (TPSA) is 149 Å². The molecule has 0 aliphatic carbocycles. The van der Waals surface area contributed by atoms with Gasteiger partial charge in [0.25, 0.3) is 5.91 Å². The van der Waals surface area contributed by atoms with Crippen LogP contribution in [0.2, 0.25) is 0 Å². The fourth-order valence-electron chi connectivity index (χ4n) is 2.80. The number of nitrogens with one attached hydrogen (secondary N) is 1. The first-order valence-electron chi connectivity index (χ1n) is 9.07. The molecule has 0 aliphatic heterocycles. The summed E-state index contributed by atoms with van der Waals surface area (Å²) in [6, 6.07) is 14.8. The van der Waals surface area contributed by atoms with Crippen LogP contribution in [0.1, 0.15) is 11.1 Å². The maximum atomic E-state index is 12.2. The summed E-state index contributed by atoms with van der Waals surface area (Å²) in [4.78, 5) is 20.1. The fraction of sp³-hybridized carbons (Fsp3) is 0.143. The minimum absolute atomic E-state index is 0.0181. The van der Waals surface area contributed by atoms with Crippen LogP contribution in [0.15, 0.2) is 46.9 Å². The molecule has 31 heavy (non-hydrogen) atoms. The largest absolute Gasteiger partial charge is 0.493 e. The monoisotopic (exact) mass is 482 g/mol. The number of ether oxygens (including phenoxy) is 2. The lowest BCUT2D eigenvalue weighted by molar-refractivity contribution is -0.123. The molecule has 0 fully saturated rings. The molecule has 0 saturated heterocycles. The van der Waals surface area contributed by atoms with Crippen molar-refractivity contribution >= 4 is 33.6 Å². The van der Waals surface area contributed by atoms with Gasteiger partial charge in [-0.05, 0) is 33.6 Å². The van der Waals surface area contributed by atoms with Gasteiger partial charge in [0, 0.05) is 12.1 Å². The minimum atomic E-state index is -0.287. The number of amides is 1. The van der Waals surface area contributed by atoms with E-state index in [0.717, 1.165) is 5.56 Å². The minimum Gasteiger partial charge on any atom is -0.493 e. The highest BCUT2D eigenvalue weighted by molar-refractivity contribution is 9.10. The zero-order valence-corrected chi connectivity index (χ0v) is 18.1. The van der Waals surface area contributed by atoms with Gasteiger partial charge in [-0.15, -0.1) is 0 Å². The highest BCUT2D eigenvalue weighted by Crippen LogP contribution is 2.40. The molecule has 0 saturated carbocycles. The van der Waals surface area contributed by atoms with Gasteiger partial charge in [0.15, 0.2) is 18.1 Å². The number of nitriles is 1. The Kier molecular flexibility index (Phi) is 6.89. The van der Waals surface area contributed by atoms with Crippen LogP contribution in [0.5, 0.6) is 11.5 Å². The van der Waals surface area contributed by atoms with E-state index in [1.165, 1.54) is 7.11 Å². The summed E-state index contributed by atoms with van der Waals surface area (Å²) >= 11 is 3.42. The number of rotatable bonds is 7. The molecule has 0 spiro atoms. The Labute approximate surface area is 187 Å². The van der Waals surface area contributed by atoms with E-state index in [1.807, 2.05) is 36.4 Å². The number of carbonyl (C=O) groups is 1.